The molecular formula is C11H7F2N3O3S. The molecule has 0 spiro atoms. The molecule has 0 aliphatic heterocycles. The third kappa shape index (κ3) is 2.62. The lowest BCUT2D eigenvalue weighted by Crippen LogP contribution is -2.15. The number of hydrogen-bond donors (Lipinski definition) is 2. The number of carbonyl (C=O) groups is 2. The predicted octanol–water partition coefficient (Wildman–Crippen LogP) is 2.08. The minimum absolute atomic E-state index is 0.158. The summed E-state index contributed by atoms with van der Waals surface area (Å²) in [5.74, 6) is -4.75. The molecule has 2 aromatic rings. The van der Waals surface area contributed by atoms with Crippen LogP contribution in [0.15, 0.2) is 12.1 Å². The summed E-state index contributed by atoms with van der Waals surface area (Å²) in [6, 6.07) is 1.12. The molecule has 0 aliphatic rings. The molecule has 0 aliphatic carbocycles. The van der Waals surface area contributed by atoms with E-state index in [1.807, 2.05) is 0 Å². The quantitative estimate of drug-likeness (QED) is 0.905. The molecule has 1 heterocycles. The number of carbonyl (C=O) groups excluding carboxylic acids is 1. The summed E-state index contributed by atoms with van der Waals surface area (Å²) in [6.07, 6.45) is 0. The molecule has 0 radical (unpaired) electrons. The van der Waals surface area contributed by atoms with Crippen LogP contribution in [0, 0.1) is 18.6 Å². The summed E-state index contributed by atoms with van der Waals surface area (Å²) >= 11 is 0.810. The zero-order chi connectivity index (χ0) is 14.9. The summed E-state index contributed by atoms with van der Waals surface area (Å²) < 4.78 is 29.7. The van der Waals surface area contributed by atoms with Crippen LogP contribution < -0.4 is 5.32 Å². The van der Waals surface area contributed by atoms with E-state index in [0.29, 0.717) is 17.8 Å². The number of benzene rings is 1. The van der Waals surface area contributed by atoms with E-state index >= 15 is 0 Å². The third-order valence-corrected chi connectivity index (χ3v) is 3.22. The van der Waals surface area contributed by atoms with Crippen molar-refractivity contribution in [1.82, 2.24) is 9.59 Å². The fourth-order valence-corrected chi connectivity index (χ4v) is 2.00. The van der Waals surface area contributed by atoms with E-state index in [-0.39, 0.29) is 10.6 Å². The fourth-order valence-electron chi connectivity index (χ4n) is 1.45. The number of halogens is 2. The van der Waals surface area contributed by atoms with Crippen LogP contribution in [0.25, 0.3) is 0 Å². The average Bonchev–Trinajstić information content (AvgIpc) is 2.79. The number of aromatic carboxylic acids is 1. The van der Waals surface area contributed by atoms with Gasteiger partial charge in [0, 0.05) is 6.07 Å². The molecule has 0 atom stereocenters. The van der Waals surface area contributed by atoms with Crippen LogP contribution in [0.5, 0.6) is 0 Å². The molecule has 104 valence electrons. The smallest absolute Gasteiger partial charge is 0.337 e. The summed E-state index contributed by atoms with van der Waals surface area (Å²) in [6.45, 7) is 1.54. The Bertz CT molecular complexity index is 702. The van der Waals surface area contributed by atoms with Gasteiger partial charge >= 0.3 is 5.97 Å². The van der Waals surface area contributed by atoms with Crippen LogP contribution >= 0.6 is 11.5 Å². The maximum atomic E-state index is 13.2. The van der Waals surface area contributed by atoms with Crippen molar-refractivity contribution in [3.63, 3.8) is 0 Å². The molecule has 0 bridgehead atoms. The number of carboxylic acid groups (broad SMARTS) is 1. The maximum absolute atomic E-state index is 13.2. The zero-order valence-corrected chi connectivity index (χ0v) is 10.8. The van der Waals surface area contributed by atoms with Crippen molar-refractivity contribution in [3.8, 4) is 0 Å². The van der Waals surface area contributed by atoms with E-state index in [9.17, 15) is 18.4 Å². The highest BCUT2D eigenvalue weighted by Crippen LogP contribution is 2.22. The molecule has 0 saturated carbocycles. The second-order valence-corrected chi connectivity index (χ2v) is 4.51. The van der Waals surface area contributed by atoms with Gasteiger partial charge in [0.05, 0.1) is 16.9 Å². The van der Waals surface area contributed by atoms with Gasteiger partial charge in [-0.25, -0.2) is 13.6 Å². The number of nitrogens with one attached hydrogen (secondary N) is 1. The van der Waals surface area contributed by atoms with E-state index in [2.05, 4.69) is 14.9 Å². The summed E-state index contributed by atoms with van der Waals surface area (Å²) in [5.41, 5.74) is -0.534. The van der Waals surface area contributed by atoms with Gasteiger partial charge in [-0.2, -0.15) is 0 Å². The molecule has 2 rings (SSSR count). The Morgan fingerprint density at radius 2 is 1.95 bits per heavy atom. The lowest BCUT2D eigenvalue weighted by Gasteiger charge is -2.08. The Kier molecular flexibility index (Phi) is 3.70. The lowest BCUT2D eigenvalue weighted by molar-refractivity contribution is 0.0697. The fraction of sp³-hybridized carbons (Fsp3) is 0.0909. The van der Waals surface area contributed by atoms with Crippen molar-refractivity contribution >= 4 is 29.1 Å². The van der Waals surface area contributed by atoms with Crippen LogP contribution in [-0.2, 0) is 0 Å². The summed E-state index contributed by atoms with van der Waals surface area (Å²) in [5, 5.41) is 14.7. The number of nitrogens with zero attached hydrogens (tertiary/aromatic N) is 2. The third-order valence-electron chi connectivity index (χ3n) is 2.40. The standard InChI is InChI=1S/C11H7F2N3O3S/c1-4-9(20-16-15-4)10(17)14-8-3-7(13)6(12)2-5(8)11(18)19/h2-3H,1H3,(H,14,17)(H,18,19). The molecule has 0 saturated heterocycles. The van der Waals surface area contributed by atoms with E-state index in [4.69, 9.17) is 5.11 Å². The van der Waals surface area contributed by atoms with Crippen LogP contribution in [0.4, 0.5) is 14.5 Å². The molecule has 2 N–H and O–H groups in total. The van der Waals surface area contributed by atoms with Crippen LogP contribution in [0.2, 0.25) is 0 Å². The van der Waals surface area contributed by atoms with Crippen molar-refractivity contribution in [2.45, 2.75) is 6.92 Å². The normalized spacial score (nSPS) is 10.3. The number of aromatic nitrogens is 2. The van der Waals surface area contributed by atoms with E-state index in [1.54, 1.807) is 6.92 Å². The molecule has 1 aromatic carbocycles. The minimum Gasteiger partial charge on any atom is -0.478 e. The highest BCUT2D eigenvalue weighted by molar-refractivity contribution is 7.08. The molecule has 20 heavy (non-hydrogen) atoms. The first kappa shape index (κ1) is 14.0. The minimum atomic E-state index is -1.49. The zero-order valence-electron chi connectivity index (χ0n) is 9.98. The Hall–Kier alpha value is -2.42. The van der Waals surface area contributed by atoms with Crippen molar-refractivity contribution in [1.29, 1.82) is 0 Å². The highest BCUT2D eigenvalue weighted by atomic mass is 32.1. The van der Waals surface area contributed by atoms with Crippen LogP contribution in [0.1, 0.15) is 25.7 Å². The first-order valence-corrected chi connectivity index (χ1v) is 6.00. The topological polar surface area (TPSA) is 92.2 Å². The van der Waals surface area contributed by atoms with Gasteiger partial charge in [-0.05, 0) is 24.5 Å². The van der Waals surface area contributed by atoms with Gasteiger partial charge in [-0.3, -0.25) is 4.79 Å². The second kappa shape index (κ2) is 5.29. The Labute approximate surface area is 115 Å². The lowest BCUT2D eigenvalue weighted by atomic mass is 10.1. The van der Waals surface area contributed by atoms with Crippen molar-refractivity contribution in [2.75, 3.05) is 5.32 Å². The van der Waals surface area contributed by atoms with Crippen molar-refractivity contribution < 1.29 is 23.5 Å². The maximum Gasteiger partial charge on any atom is 0.337 e. The number of rotatable bonds is 3. The second-order valence-electron chi connectivity index (χ2n) is 3.76. The number of amides is 1. The first-order valence-electron chi connectivity index (χ1n) is 5.22. The average molecular weight is 299 g/mol. The molecule has 6 nitrogen and oxygen atoms in total. The molecular weight excluding hydrogens is 292 g/mol. The van der Waals surface area contributed by atoms with Crippen LogP contribution in [-0.4, -0.2) is 26.6 Å². The Balaban J connectivity index is 2.38. The molecule has 0 unspecified atom stereocenters. The number of anilines is 1. The van der Waals surface area contributed by atoms with E-state index < -0.39 is 29.1 Å². The largest absolute Gasteiger partial charge is 0.478 e. The van der Waals surface area contributed by atoms with Gasteiger partial charge < -0.3 is 10.4 Å². The monoisotopic (exact) mass is 299 g/mol. The van der Waals surface area contributed by atoms with Gasteiger partial charge in [0.2, 0.25) is 0 Å². The summed E-state index contributed by atoms with van der Waals surface area (Å²) in [7, 11) is 0. The van der Waals surface area contributed by atoms with Crippen LogP contribution in [0.3, 0.4) is 0 Å². The number of aryl methyl sites for hydroxylation is 1. The molecule has 0 fully saturated rings. The van der Waals surface area contributed by atoms with E-state index in [1.165, 1.54) is 0 Å². The van der Waals surface area contributed by atoms with Crippen molar-refractivity contribution in [3.05, 3.63) is 39.9 Å². The van der Waals surface area contributed by atoms with Gasteiger partial charge in [-0.1, -0.05) is 4.49 Å². The van der Waals surface area contributed by atoms with Gasteiger partial charge in [-0.15, -0.1) is 5.10 Å². The Morgan fingerprint density at radius 1 is 1.30 bits per heavy atom. The van der Waals surface area contributed by atoms with E-state index in [0.717, 1.165) is 11.5 Å². The summed E-state index contributed by atoms with van der Waals surface area (Å²) in [4.78, 5) is 23.0. The predicted molar refractivity (Wildman–Crippen MR) is 65.9 cm³/mol. The SMILES string of the molecule is Cc1nnsc1C(=O)Nc1cc(F)c(F)cc1C(=O)O. The van der Waals surface area contributed by atoms with Gasteiger partial charge in [0.1, 0.15) is 4.88 Å². The van der Waals surface area contributed by atoms with Crippen molar-refractivity contribution in [2.24, 2.45) is 0 Å². The molecule has 9 heteroatoms. The molecule has 1 amide bonds. The first-order chi connectivity index (χ1) is 9.40. The number of hydrogen-bond acceptors (Lipinski definition) is 5. The van der Waals surface area contributed by atoms with Gasteiger partial charge in [0.15, 0.2) is 11.6 Å². The van der Waals surface area contributed by atoms with Gasteiger partial charge in [0.25, 0.3) is 5.91 Å². The molecule has 1 aromatic heterocycles. The highest BCUT2D eigenvalue weighted by Gasteiger charge is 2.19. The Morgan fingerprint density at radius 3 is 2.50 bits per heavy atom. The number of carboxylic acids is 1.